The minimum absolute atomic E-state index is 0.306. The fourth-order valence-corrected chi connectivity index (χ4v) is 5.85. The van der Waals surface area contributed by atoms with E-state index in [2.05, 4.69) is 12.2 Å². The highest BCUT2D eigenvalue weighted by atomic mass is 16.1. The Morgan fingerprint density at radius 1 is 1.11 bits per heavy atom. The van der Waals surface area contributed by atoms with Crippen molar-refractivity contribution in [1.29, 1.82) is 0 Å². The molecule has 0 spiro atoms. The van der Waals surface area contributed by atoms with E-state index in [9.17, 15) is 4.79 Å². The van der Waals surface area contributed by atoms with Gasteiger partial charge in [-0.3, -0.25) is 4.79 Å². The predicted octanol–water partition coefficient (Wildman–Crippen LogP) is 3.43. The second-order valence-corrected chi connectivity index (χ2v) is 7.78. The van der Waals surface area contributed by atoms with Crippen molar-refractivity contribution in [1.82, 2.24) is 5.32 Å². The van der Waals surface area contributed by atoms with Crippen molar-refractivity contribution in [3.05, 3.63) is 11.8 Å². The van der Waals surface area contributed by atoms with Gasteiger partial charge in [0.05, 0.1) is 0 Å². The summed E-state index contributed by atoms with van der Waals surface area (Å²) in [5, 5.41) is 3.71. The van der Waals surface area contributed by atoms with E-state index in [4.69, 9.17) is 0 Å². The van der Waals surface area contributed by atoms with Crippen LogP contribution in [0.5, 0.6) is 0 Å². The van der Waals surface area contributed by atoms with Crippen LogP contribution in [0.15, 0.2) is 11.8 Å². The molecular formula is C17H25NO. The van der Waals surface area contributed by atoms with Gasteiger partial charge in [-0.2, -0.15) is 0 Å². The summed E-state index contributed by atoms with van der Waals surface area (Å²) < 4.78 is 0. The van der Waals surface area contributed by atoms with Crippen molar-refractivity contribution in [3.8, 4) is 0 Å². The maximum absolute atomic E-state index is 11.4. The van der Waals surface area contributed by atoms with Crippen LogP contribution in [0.4, 0.5) is 0 Å². The minimum atomic E-state index is 0.306. The lowest BCUT2D eigenvalue weighted by Gasteiger charge is -2.59. The van der Waals surface area contributed by atoms with E-state index in [0.717, 1.165) is 30.6 Å². The molecule has 0 saturated heterocycles. The van der Waals surface area contributed by atoms with E-state index in [1.54, 1.807) is 0 Å². The van der Waals surface area contributed by atoms with Gasteiger partial charge < -0.3 is 5.32 Å². The first-order valence-corrected chi connectivity index (χ1v) is 8.13. The van der Waals surface area contributed by atoms with Gasteiger partial charge in [0.15, 0.2) is 5.78 Å². The Bertz CT molecular complexity index is 401. The summed E-state index contributed by atoms with van der Waals surface area (Å²) in [4.78, 5) is 11.4. The topological polar surface area (TPSA) is 29.1 Å². The van der Waals surface area contributed by atoms with Crippen LogP contribution < -0.4 is 5.32 Å². The zero-order valence-electron chi connectivity index (χ0n) is 12.0. The summed E-state index contributed by atoms with van der Waals surface area (Å²) in [7, 11) is 0. The van der Waals surface area contributed by atoms with Gasteiger partial charge in [0.2, 0.25) is 0 Å². The summed E-state index contributed by atoms with van der Waals surface area (Å²) in [6.07, 6.45) is 12.3. The molecule has 1 N–H and O–H groups in total. The zero-order valence-corrected chi connectivity index (χ0v) is 12.0. The van der Waals surface area contributed by atoms with Crippen molar-refractivity contribution in [2.24, 2.45) is 23.2 Å². The van der Waals surface area contributed by atoms with Crippen LogP contribution in [-0.2, 0) is 4.79 Å². The van der Waals surface area contributed by atoms with Crippen molar-refractivity contribution in [2.45, 2.75) is 64.3 Å². The average Bonchev–Trinajstić information content (AvgIpc) is 2.73. The summed E-state index contributed by atoms with van der Waals surface area (Å²) in [6.45, 7) is 2.37. The lowest BCUT2D eigenvalue weighted by molar-refractivity contribution is -0.114. The maximum atomic E-state index is 11.4. The Kier molecular flexibility index (Phi) is 2.59. The summed E-state index contributed by atoms with van der Waals surface area (Å²) in [6, 6.07) is 0.554. The molecule has 0 amide bonds. The van der Waals surface area contributed by atoms with Crippen LogP contribution in [0.25, 0.3) is 0 Å². The van der Waals surface area contributed by atoms with Gasteiger partial charge in [-0.05, 0) is 75.0 Å². The predicted molar refractivity (Wildman–Crippen MR) is 75.5 cm³/mol. The fraction of sp³-hybridized carbons (Fsp3) is 0.824. The largest absolute Gasteiger partial charge is 0.385 e. The molecule has 2 heteroatoms. The van der Waals surface area contributed by atoms with Crippen LogP contribution in [0, 0.1) is 23.2 Å². The maximum Gasteiger partial charge on any atom is 0.157 e. The molecule has 5 aliphatic rings. The fourth-order valence-electron chi connectivity index (χ4n) is 5.85. The number of rotatable bonds is 3. The SMILES string of the molecule is CC(NC1=CC(=O)CC1)C12CC3CC(CC(C3)C1)C2. The summed E-state index contributed by atoms with van der Waals surface area (Å²) in [5.41, 5.74) is 1.74. The van der Waals surface area contributed by atoms with E-state index < -0.39 is 0 Å². The highest BCUT2D eigenvalue weighted by molar-refractivity contribution is 5.92. The third-order valence-electron chi connectivity index (χ3n) is 6.38. The molecule has 0 heterocycles. The molecule has 5 aliphatic carbocycles. The van der Waals surface area contributed by atoms with Gasteiger partial charge in [-0.1, -0.05) is 0 Å². The molecule has 1 unspecified atom stereocenters. The molecule has 104 valence electrons. The first kappa shape index (κ1) is 12.0. The van der Waals surface area contributed by atoms with Gasteiger partial charge in [0.1, 0.15) is 0 Å². The zero-order chi connectivity index (χ0) is 13.0. The molecular weight excluding hydrogens is 234 g/mol. The Labute approximate surface area is 116 Å². The minimum Gasteiger partial charge on any atom is -0.385 e. The Morgan fingerprint density at radius 3 is 2.16 bits per heavy atom. The van der Waals surface area contributed by atoms with Crippen molar-refractivity contribution in [3.63, 3.8) is 0 Å². The third-order valence-corrected chi connectivity index (χ3v) is 6.38. The molecule has 1 atom stereocenters. The van der Waals surface area contributed by atoms with Gasteiger partial charge in [0.25, 0.3) is 0 Å². The van der Waals surface area contributed by atoms with E-state index in [0.29, 0.717) is 17.2 Å². The van der Waals surface area contributed by atoms with Crippen LogP contribution in [0.1, 0.15) is 58.3 Å². The number of nitrogens with one attached hydrogen (secondary N) is 1. The Morgan fingerprint density at radius 2 is 1.68 bits per heavy atom. The molecule has 5 rings (SSSR count). The van der Waals surface area contributed by atoms with Crippen LogP contribution >= 0.6 is 0 Å². The highest BCUT2D eigenvalue weighted by Crippen LogP contribution is 2.61. The molecule has 0 aromatic carbocycles. The molecule has 0 aromatic heterocycles. The van der Waals surface area contributed by atoms with Gasteiger partial charge >= 0.3 is 0 Å². The van der Waals surface area contributed by atoms with Gasteiger partial charge in [-0.25, -0.2) is 0 Å². The van der Waals surface area contributed by atoms with Crippen LogP contribution in [-0.4, -0.2) is 11.8 Å². The molecule has 0 aliphatic heterocycles. The lowest BCUT2D eigenvalue weighted by Crippen LogP contribution is -2.54. The van der Waals surface area contributed by atoms with Gasteiger partial charge in [-0.15, -0.1) is 0 Å². The standard InChI is InChI=1S/C17H25NO/c1-11(18-15-2-3-16(19)7-15)17-8-12-4-13(9-17)6-14(5-12)10-17/h7,11-14,18H,2-6,8-10H2,1H3. The molecule has 4 fully saturated rings. The smallest absolute Gasteiger partial charge is 0.157 e. The molecule has 4 saturated carbocycles. The number of carbonyl (C=O) groups excluding carboxylic acids is 1. The Balaban J connectivity index is 1.51. The number of hydrogen-bond donors (Lipinski definition) is 1. The summed E-state index contributed by atoms with van der Waals surface area (Å²) in [5.74, 6) is 3.33. The normalized spacial score (nSPS) is 45.4. The second-order valence-electron chi connectivity index (χ2n) is 7.78. The quantitative estimate of drug-likeness (QED) is 0.841. The lowest BCUT2D eigenvalue weighted by atomic mass is 9.48. The second kappa shape index (κ2) is 4.10. The number of hydrogen-bond acceptors (Lipinski definition) is 2. The first-order chi connectivity index (χ1) is 9.13. The molecule has 19 heavy (non-hydrogen) atoms. The molecule has 0 aromatic rings. The number of carbonyl (C=O) groups is 1. The van der Waals surface area contributed by atoms with E-state index >= 15 is 0 Å². The average molecular weight is 259 g/mol. The summed E-state index contributed by atoms with van der Waals surface area (Å²) >= 11 is 0. The molecule has 0 radical (unpaired) electrons. The van der Waals surface area contributed by atoms with Crippen molar-refractivity contribution < 1.29 is 4.79 Å². The first-order valence-electron chi connectivity index (χ1n) is 8.13. The third kappa shape index (κ3) is 1.95. The van der Waals surface area contributed by atoms with Crippen molar-refractivity contribution in [2.75, 3.05) is 0 Å². The molecule has 2 nitrogen and oxygen atoms in total. The van der Waals surface area contributed by atoms with Crippen LogP contribution in [0.2, 0.25) is 0 Å². The number of allylic oxidation sites excluding steroid dienone is 2. The van der Waals surface area contributed by atoms with E-state index in [-0.39, 0.29) is 0 Å². The Hall–Kier alpha value is -0.790. The van der Waals surface area contributed by atoms with E-state index in [1.165, 1.54) is 44.2 Å². The van der Waals surface area contributed by atoms with Gasteiger partial charge in [0, 0.05) is 24.2 Å². The monoisotopic (exact) mass is 259 g/mol. The van der Waals surface area contributed by atoms with Crippen LogP contribution in [0.3, 0.4) is 0 Å². The highest BCUT2D eigenvalue weighted by Gasteiger charge is 2.53. The molecule has 4 bridgehead atoms. The van der Waals surface area contributed by atoms with E-state index in [1.807, 2.05) is 6.08 Å². The van der Waals surface area contributed by atoms with Crippen molar-refractivity contribution >= 4 is 5.78 Å². The number of ketones is 1.